The number of aromatic nitrogens is 2. The lowest BCUT2D eigenvalue weighted by atomic mass is 10.1. The first-order chi connectivity index (χ1) is 11.6. The molecule has 1 aromatic heterocycles. The number of aromatic amines is 1. The fraction of sp³-hybridized carbons (Fsp3) is 0.412. The van der Waals surface area contributed by atoms with E-state index in [0.717, 1.165) is 26.1 Å². The van der Waals surface area contributed by atoms with Crippen molar-refractivity contribution >= 4 is 23.3 Å². The number of halogens is 2. The van der Waals surface area contributed by atoms with Gasteiger partial charge >= 0.3 is 0 Å². The number of hydrogen-bond donors (Lipinski definition) is 2. The van der Waals surface area contributed by atoms with Crippen LogP contribution in [-0.2, 0) is 4.79 Å². The SMILES string of the molecule is O=C(CCCN1CCCC1)Nc1cc(-c2ccc(F)cc2Cl)[nH]n1. The second-order valence-corrected chi connectivity index (χ2v) is 6.40. The highest BCUT2D eigenvalue weighted by Gasteiger charge is 2.13. The van der Waals surface area contributed by atoms with E-state index in [9.17, 15) is 9.18 Å². The van der Waals surface area contributed by atoms with Gasteiger partial charge in [-0.25, -0.2) is 4.39 Å². The molecule has 128 valence electrons. The van der Waals surface area contributed by atoms with Crippen LogP contribution in [0.25, 0.3) is 11.3 Å². The molecule has 0 atom stereocenters. The van der Waals surface area contributed by atoms with Gasteiger partial charge < -0.3 is 10.2 Å². The van der Waals surface area contributed by atoms with Gasteiger partial charge in [0.25, 0.3) is 0 Å². The zero-order valence-electron chi connectivity index (χ0n) is 13.3. The van der Waals surface area contributed by atoms with E-state index >= 15 is 0 Å². The minimum atomic E-state index is -0.394. The first-order valence-electron chi connectivity index (χ1n) is 8.15. The van der Waals surface area contributed by atoms with Crippen molar-refractivity contribution in [2.45, 2.75) is 25.7 Å². The zero-order valence-corrected chi connectivity index (χ0v) is 14.1. The molecule has 2 heterocycles. The highest BCUT2D eigenvalue weighted by Crippen LogP contribution is 2.28. The molecule has 2 aromatic rings. The average molecular weight is 351 g/mol. The van der Waals surface area contributed by atoms with Crippen LogP contribution < -0.4 is 5.32 Å². The monoisotopic (exact) mass is 350 g/mol. The molecule has 24 heavy (non-hydrogen) atoms. The van der Waals surface area contributed by atoms with Crippen LogP contribution in [0.2, 0.25) is 5.02 Å². The topological polar surface area (TPSA) is 61.0 Å². The Kier molecular flexibility index (Phi) is 5.48. The molecule has 1 aliphatic rings. The van der Waals surface area contributed by atoms with Gasteiger partial charge in [0, 0.05) is 18.1 Å². The summed E-state index contributed by atoms with van der Waals surface area (Å²) in [5.41, 5.74) is 1.27. The molecule has 1 aliphatic heterocycles. The number of amides is 1. The number of benzene rings is 1. The van der Waals surface area contributed by atoms with Gasteiger partial charge in [-0.15, -0.1) is 0 Å². The summed E-state index contributed by atoms with van der Waals surface area (Å²) in [5.74, 6) is -0.0104. The number of anilines is 1. The molecule has 0 radical (unpaired) electrons. The van der Waals surface area contributed by atoms with Crippen LogP contribution in [0, 0.1) is 5.82 Å². The van der Waals surface area contributed by atoms with Gasteiger partial charge in [0.1, 0.15) is 5.82 Å². The molecule has 0 spiro atoms. The summed E-state index contributed by atoms with van der Waals surface area (Å²) in [4.78, 5) is 14.4. The van der Waals surface area contributed by atoms with E-state index in [0.29, 0.717) is 28.5 Å². The maximum absolute atomic E-state index is 13.1. The van der Waals surface area contributed by atoms with Crippen LogP contribution in [0.3, 0.4) is 0 Å². The third-order valence-electron chi connectivity index (χ3n) is 4.14. The van der Waals surface area contributed by atoms with Gasteiger partial charge in [-0.1, -0.05) is 11.6 Å². The number of nitrogens with one attached hydrogen (secondary N) is 2. The van der Waals surface area contributed by atoms with E-state index in [1.165, 1.54) is 25.0 Å². The maximum atomic E-state index is 13.1. The normalized spacial score (nSPS) is 14.9. The molecule has 1 saturated heterocycles. The quantitative estimate of drug-likeness (QED) is 0.835. The number of carbonyl (C=O) groups is 1. The maximum Gasteiger partial charge on any atom is 0.225 e. The van der Waals surface area contributed by atoms with Crippen molar-refractivity contribution in [2.75, 3.05) is 25.0 Å². The Labute approximate surface area is 145 Å². The number of nitrogens with zero attached hydrogens (tertiary/aromatic N) is 2. The number of hydrogen-bond acceptors (Lipinski definition) is 3. The third-order valence-corrected chi connectivity index (χ3v) is 4.46. The molecule has 7 heteroatoms. The average Bonchev–Trinajstić information content (AvgIpc) is 3.19. The minimum Gasteiger partial charge on any atom is -0.309 e. The van der Waals surface area contributed by atoms with E-state index in [-0.39, 0.29) is 5.91 Å². The third kappa shape index (κ3) is 4.33. The summed E-state index contributed by atoms with van der Waals surface area (Å²) in [6.45, 7) is 3.25. The lowest BCUT2D eigenvalue weighted by Gasteiger charge is -2.13. The number of carbonyl (C=O) groups excluding carboxylic acids is 1. The second-order valence-electron chi connectivity index (χ2n) is 5.99. The van der Waals surface area contributed by atoms with Gasteiger partial charge in [0.15, 0.2) is 5.82 Å². The lowest BCUT2D eigenvalue weighted by molar-refractivity contribution is -0.116. The van der Waals surface area contributed by atoms with Crippen LogP contribution in [0.4, 0.5) is 10.2 Å². The summed E-state index contributed by atoms with van der Waals surface area (Å²) in [5, 5.41) is 9.94. The summed E-state index contributed by atoms with van der Waals surface area (Å²) in [7, 11) is 0. The van der Waals surface area contributed by atoms with Crippen molar-refractivity contribution < 1.29 is 9.18 Å². The molecule has 1 amide bonds. The van der Waals surface area contributed by atoms with Crippen molar-refractivity contribution in [1.82, 2.24) is 15.1 Å². The fourth-order valence-corrected chi connectivity index (χ4v) is 3.18. The predicted molar refractivity (Wildman–Crippen MR) is 92.5 cm³/mol. The van der Waals surface area contributed by atoms with E-state index < -0.39 is 5.82 Å². The Morgan fingerprint density at radius 3 is 2.88 bits per heavy atom. The van der Waals surface area contributed by atoms with Gasteiger partial charge in [-0.3, -0.25) is 9.89 Å². The van der Waals surface area contributed by atoms with Gasteiger partial charge in [-0.05, 0) is 57.1 Å². The first-order valence-corrected chi connectivity index (χ1v) is 8.52. The molecule has 2 N–H and O–H groups in total. The van der Waals surface area contributed by atoms with Crippen LogP contribution in [0.15, 0.2) is 24.3 Å². The lowest BCUT2D eigenvalue weighted by Crippen LogP contribution is -2.22. The van der Waals surface area contributed by atoms with E-state index in [1.807, 2.05) is 0 Å². The van der Waals surface area contributed by atoms with Gasteiger partial charge in [0.2, 0.25) is 5.91 Å². The molecule has 0 aliphatic carbocycles. The Morgan fingerprint density at radius 1 is 1.33 bits per heavy atom. The van der Waals surface area contributed by atoms with E-state index in [1.54, 1.807) is 12.1 Å². The van der Waals surface area contributed by atoms with Crippen LogP contribution in [0.1, 0.15) is 25.7 Å². The fourth-order valence-electron chi connectivity index (χ4n) is 2.91. The molecular weight excluding hydrogens is 331 g/mol. The molecule has 3 rings (SSSR count). The largest absolute Gasteiger partial charge is 0.309 e. The molecule has 5 nitrogen and oxygen atoms in total. The van der Waals surface area contributed by atoms with Crippen molar-refractivity contribution in [2.24, 2.45) is 0 Å². The van der Waals surface area contributed by atoms with Crippen molar-refractivity contribution in [1.29, 1.82) is 0 Å². The molecule has 1 fully saturated rings. The summed E-state index contributed by atoms with van der Waals surface area (Å²) in [6.07, 6.45) is 3.82. The summed E-state index contributed by atoms with van der Waals surface area (Å²) in [6, 6.07) is 5.84. The number of H-pyrrole nitrogens is 1. The molecule has 0 bridgehead atoms. The first kappa shape index (κ1) is 16.9. The molecule has 0 saturated carbocycles. The Balaban J connectivity index is 1.52. The Bertz CT molecular complexity index is 712. The second kappa shape index (κ2) is 7.77. The predicted octanol–water partition coefficient (Wildman–Crippen LogP) is 3.68. The van der Waals surface area contributed by atoms with Gasteiger partial charge in [-0.2, -0.15) is 5.10 Å². The highest BCUT2D eigenvalue weighted by molar-refractivity contribution is 6.33. The smallest absolute Gasteiger partial charge is 0.225 e. The highest BCUT2D eigenvalue weighted by atomic mass is 35.5. The Hall–Kier alpha value is -1.92. The number of likely N-dealkylation sites (tertiary alicyclic amines) is 1. The van der Waals surface area contributed by atoms with Gasteiger partial charge in [0.05, 0.1) is 10.7 Å². The van der Waals surface area contributed by atoms with Crippen LogP contribution in [0.5, 0.6) is 0 Å². The van der Waals surface area contributed by atoms with Crippen molar-refractivity contribution in [3.8, 4) is 11.3 Å². The van der Waals surface area contributed by atoms with Crippen molar-refractivity contribution in [3.05, 3.63) is 35.1 Å². The van der Waals surface area contributed by atoms with E-state index in [2.05, 4.69) is 20.4 Å². The number of rotatable bonds is 6. The van der Waals surface area contributed by atoms with Crippen LogP contribution in [-0.4, -0.2) is 40.6 Å². The molecule has 0 unspecified atom stereocenters. The summed E-state index contributed by atoms with van der Waals surface area (Å²) < 4.78 is 13.1. The van der Waals surface area contributed by atoms with Crippen molar-refractivity contribution in [3.63, 3.8) is 0 Å². The van der Waals surface area contributed by atoms with Crippen LogP contribution >= 0.6 is 11.6 Å². The molecular formula is C17H20ClFN4O. The summed E-state index contributed by atoms with van der Waals surface area (Å²) >= 11 is 6.03. The minimum absolute atomic E-state index is 0.0579. The molecule has 1 aromatic carbocycles. The zero-order chi connectivity index (χ0) is 16.9. The van der Waals surface area contributed by atoms with E-state index in [4.69, 9.17) is 11.6 Å². The standard InChI is InChI=1S/C17H20ClFN4O/c18-14-10-12(19)5-6-13(14)15-11-16(22-21-15)20-17(24)4-3-9-23-7-1-2-8-23/h5-6,10-11H,1-4,7-9H2,(H2,20,21,22,24). The Morgan fingerprint density at radius 2 is 2.12 bits per heavy atom.